The third-order valence-corrected chi connectivity index (χ3v) is 4.57. The van der Waals surface area contributed by atoms with E-state index in [-0.39, 0.29) is 0 Å². The summed E-state index contributed by atoms with van der Waals surface area (Å²) in [6, 6.07) is 3.71. The van der Waals surface area contributed by atoms with Crippen molar-refractivity contribution in [3.05, 3.63) is 24.2 Å². The van der Waals surface area contributed by atoms with E-state index in [1.165, 1.54) is 19.3 Å². The van der Waals surface area contributed by atoms with E-state index in [9.17, 15) is 9.90 Å². The van der Waals surface area contributed by atoms with Gasteiger partial charge in [0.1, 0.15) is 5.76 Å². The van der Waals surface area contributed by atoms with Gasteiger partial charge in [0.15, 0.2) is 0 Å². The second-order valence-corrected chi connectivity index (χ2v) is 5.93. The van der Waals surface area contributed by atoms with Gasteiger partial charge in [-0.2, -0.15) is 0 Å². The minimum absolute atomic E-state index is 0.538. The molecule has 3 heteroatoms. The van der Waals surface area contributed by atoms with Crippen LogP contribution in [0.4, 0.5) is 0 Å². The molecular weight excluding hydrogens is 240 g/mol. The van der Waals surface area contributed by atoms with Crippen LogP contribution in [0.25, 0.3) is 0 Å². The van der Waals surface area contributed by atoms with Crippen molar-refractivity contribution >= 4 is 5.97 Å². The molecule has 1 saturated carbocycles. The number of carboxylic acid groups (broad SMARTS) is 1. The molecule has 0 atom stereocenters. The van der Waals surface area contributed by atoms with E-state index in [2.05, 4.69) is 6.92 Å². The molecule has 1 heterocycles. The third kappa shape index (κ3) is 3.40. The van der Waals surface area contributed by atoms with Gasteiger partial charge in [-0.1, -0.05) is 26.2 Å². The molecule has 1 aromatic rings. The standard InChI is InChI=1S/C16H24O3/c1-2-3-5-13-7-9-16(10-8-13,15(17)18)12-14-6-4-11-19-14/h4,6,11,13H,2-3,5,7-10,12H2,1H3,(H,17,18). The van der Waals surface area contributed by atoms with Crippen LogP contribution < -0.4 is 0 Å². The van der Waals surface area contributed by atoms with Crippen LogP contribution in [0.15, 0.2) is 22.8 Å². The van der Waals surface area contributed by atoms with Gasteiger partial charge < -0.3 is 9.52 Å². The first-order valence-corrected chi connectivity index (χ1v) is 7.42. The van der Waals surface area contributed by atoms with Crippen LogP contribution >= 0.6 is 0 Å². The highest BCUT2D eigenvalue weighted by Crippen LogP contribution is 2.43. The summed E-state index contributed by atoms with van der Waals surface area (Å²) in [6.07, 6.45) is 9.59. The zero-order valence-corrected chi connectivity index (χ0v) is 11.7. The quantitative estimate of drug-likeness (QED) is 0.834. The van der Waals surface area contributed by atoms with Crippen molar-refractivity contribution in [3.63, 3.8) is 0 Å². The maximum absolute atomic E-state index is 11.7. The average Bonchev–Trinajstić information content (AvgIpc) is 2.90. The van der Waals surface area contributed by atoms with E-state index in [1.807, 2.05) is 12.1 Å². The number of rotatable bonds is 6. The highest BCUT2D eigenvalue weighted by molar-refractivity contribution is 5.75. The normalized spacial score (nSPS) is 27.3. The van der Waals surface area contributed by atoms with Crippen molar-refractivity contribution in [2.75, 3.05) is 0 Å². The number of hydrogen-bond donors (Lipinski definition) is 1. The number of furan rings is 1. The van der Waals surface area contributed by atoms with Gasteiger partial charge in [-0.15, -0.1) is 0 Å². The second-order valence-electron chi connectivity index (χ2n) is 5.93. The fraction of sp³-hybridized carbons (Fsp3) is 0.688. The van der Waals surface area contributed by atoms with Gasteiger partial charge in [0.2, 0.25) is 0 Å². The Hall–Kier alpha value is -1.25. The fourth-order valence-electron chi connectivity index (χ4n) is 3.22. The Kier molecular flexibility index (Phi) is 4.67. The van der Waals surface area contributed by atoms with Gasteiger partial charge in [-0.05, 0) is 43.7 Å². The van der Waals surface area contributed by atoms with Gasteiger partial charge in [0, 0.05) is 6.42 Å². The average molecular weight is 264 g/mol. The zero-order chi connectivity index (χ0) is 13.7. The van der Waals surface area contributed by atoms with Crippen LogP contribution in [-0.2, 0) is 11.2 Å². The van der Waals surface area contributed by atoms with E-state index in [0.29, 0.717) is 6.42 Å². The molecule has 1 aromatic heterocycles. The maximum Gasteiger partial charge on any atom is 0.310 e. The zero-order valence-electron chi connectivity index (χ0n) is 11.7. The van der Waals surface area contributed by atoms with Crippen LogP contribution in [-0.4, -0.2) is 11.1 Å². The minimum atomic E-state index is -0.655. The van der Waals surface area contributed by atoms with Crippen molar-refractivity contribution < 1.29 is 14.3 Å². The lowest BCUT2D eigenvalue weighted by Gasteiger charge is -2.36. The summed E-state index contributed by atoms with van der Waals surface area (Å²) in [5.41, 5.74) is -0.597. The van der Waals surface area contributed by atoms with Gasteiger partial charge >= 0.3 is 5.97 Å². The van der Waals surface area contributed by atoms with Crippen molar-refractivity contribution in [3.8, 4) is 0 Å². The molecular formula is C16H24O3. The molecule has 0 aromatic carbocycles. The molecule has 19 heavy (non-hydrogen) atoms. The Morgan fingerprint density at radius 1 is 1.47 bits per heavy atom. The molecule has 0 aliphatic heterocycles. The Morgan fingerprint density at radius 3 is 2.74 bits per heavy atom. The molecule has 0 bridgehead atoms. The lowest BCUT2D eigenvalue weighted by molar-refractivity contribution is -0.152. The maximum atomic E-state index is 11.7. The predicted octanol–water partition coefficient (Wildman–Crippen LogP) is 4.27. The first kappa shape index (κ1) is 14.2. The topological polar surface area (TPSA) is 50.4 Å². The summed E-state index contributed by atoms with van der Waals surface area (Å²) in [7, 11) is 0. The molecule has 0 unspecified atom stereocenters. The highest BCUT2D eigenvalue weighted by Gasteiger charge is 2.42. The molecule has 0 radical (unpaired) electrons. The first-order chi connectivity index (χ1) is 9.16. The summed E-state index contributed by atoms with van der Waals surface area (Å²) in [6.45, 7) is 2.21. The largest absolute Gasteiger partial charge is 0.481 e. The lowest BCUT2D eigenvalue weighted by Crippen LogP contribution is -2.37. The van der Waals surface area contributed by atoms with Crippen molar-refractivity contribution in [1.82, 2.24) is 0 Å². The first-order valence-electron chi connectivity index (χ1n) is 7.42. The highest BCUT2D eigenvalue weighted by atomic mass is 16.4. The molecule has 106 valence electrons. The number of aliphatic carboxylic acids is 1. The summed E-state index contributed by atoms with van der Waals surface area (Å²) >= 11 is 0. The van der Waals surface area contributed by atoms with Crippen molar-refractivity contribution in [2.24, 2.45) is 11.3 Å². The Morgan fingerprint density at radius 2 is 2.21 bits per heavy atom. The van der Waals surface area contributed by atoms with Crippen molar-refractivity contribution in [2.45, 2.75) is 58.3 Å². The molecule has 1 N–H and O–H groups in total. The van der Waals surface area contributed by atoms with Crippen molar-refractivity contribution in [1.29, 1.82) is 0 Å². The molecule has 1 aliphatic carbocycles. The Labute approximate surface area is 115 Å². The van der Waals surface area contributed by atoms with Gasteiger partial charge in [-0.25, -0.2) is 0 Å². The summed E-state index contributed by atoms with van der Waals surface area (Å²) in [5, 5.41) is 9.61. The van der Waals surface area contributed by atoms with Crippen LogP contribution in [0.5, 0.6) is 0 Å². The number of carbonyl (C=O) groups is 1. The summed E-state index contributed by atoms with van der Waals surface area (Å²) in [5.74, 6) is 0.872. The number of hydrogen-bond acceptors (Lipinski definition) is 2. The van der Waals surface area contributed by atoms with Crippen LogP contribution in [0.3, 0.4) is 0 Å². The van der Waals surface area contributed by atoms with Crippen LogP contribution in [0, 0.1) is 11.3 Å². The SMILES string of the molecule is CCCCC1CCC(Cc2ccco2)(C(=O)O)CC1. The van der Waals surface area contributed by atoms with E-state index in [4.69, 9.17) is 4.42 Å². The van der Waals surface area contributed by atoms with Crippen LogP contribution in [0.1, 0.15) is 57.6 Å². The van der Waals surface area contributed by atoms with Crippen LogP contribution in [0.2, 0.25) is 0 Å². The molecule has 1 aliphatic rings. The van der Waals surface area contributed by atoms with E-state index in [1.54, 1.807) is 6.26 Å². The van der Waals surface area contributed by atoms with E-state index >= 15 is 0 Å². The smallest absolute Gasteiger partial charge is 0.310 e. The molecule has 0 saturated heterocycles. The molecule has 3 nitrogen and oxygen atoms in total. The van der Waals surface area contributed by atoms with Gasteiger partial charge in [0.25, 0.3) is 0 Å². The molecule has 2 rings (SSSR count). The molecule has 0 spiro atoms. The fourth-order valence-corrected chi connectivity index (χ4v) is 3.22. The second kappa shape index (κ2) is 6.27. The monoisotopic (exact) mass is 264 g/mol. The Balaban J connectivity index is 1.97. The lowest BCUT2D eigenvalue weighted by atomic mass is 9.67. The molecule has 0 amide bonds. The third-order valence-electron chi connectivity index (χ3n) is 4.57. The van der Waals surface area contributed by atoms with E-state index < -0.39 is 11.4 Å². The van der Waals surface area contributed by atoms with E-state index in [0.717, 1.165) is 37.4 Å². The minimum Gasteiger partial charge on any atom is -0.481 e. The van der Waals surface area contributed by atoms with Gasteiger partial charge in [-0.3, -0.25) is 4.79 Å². The summed E-state index contributed by atoms with van der Waals surface area (Å²) < 4.78 is 5.34. The Bertz CT molecular complexity index is 386. The summed E-state index contributed by atoms with van der Waals surface area (Å²) in [4.78, 5) is 11.7. The number of carboxylic acids is 1. The number of unbranched alkanes of at least 4 members (excludes halogenated alkanes) is 1. The molecule has 1 fully saturated rings. The van der Waals surface area contributed by atoms with Gasteiger partial charge in [0.05, 0.1) is 11.7 Å². The predicted molar refractivity (Wildman–Crippen MR) is 74.0 cm³/mol.